The zero-order valence-electron chi connectivity index (χ0n) is 17.1. The SMILES string of the molecule is CCNC(=O)c1cccc(NC(=O)CN(Cc2ccc(C3CC3C)o2)C2CC2)c1. The van der Waals surface area contributed by atoms with Crippen LogP contribution in [-0.2, 0) is 11.3 Å². The van der Waals surface area contributed by atoms with E-state index in [-0.39, 0.29) is 11.8 Å². The molecule has 2 aromatic rings. The minimum Gasteiger partial charge on any atom is -0.464 e. The number of carbonyl (C=O) groups is 2. The number of nitrogens with zero attached hydrogens (tertiary/aromatic N) is 1. The molecule has 1 aromatic heterocycles. The first kappa shape index (κ1) is 19.7. The summed E-state index contributed by atoms with van der Waals surface area (Å²) in [6.07, 6.45) is 3.44. The van der Waals surface area contributed by atoms with Crippen LogP contribution in [0.4, 0.5) is 5.69 Å². The van der Waals surface area contributed by atoms with Gasteiger partial charge in [0.1, 0.15) is 11.5 Å². The van der Waals surface area contributed by atoms with Gasteiger partial charge in [0.05, 0.1) is 13.1 Å². The van der Waals surface area contributed by atoms with Crippen molar-refractivity contribution < 1.29 is 14.0 Å². The van der Waals surface area contributed by atoms with Gasteiger partial charge in [0.2, 0.25) is 5.91 Å². The molecular formula is C23H29N3O3. The van der Waals surface area contributed by atoms with Gasteiger partial charge in [-0.3, -0.25) is 14.5 Å². The van der Waals surface area contributed by atoms with Gasteiger partial charge in [-0.05, 0) is 62.4 Å². The Labute approximate surface area is 171 Å². The second-order valence-electron chi connectivity index (χ2n) is 8.25. The molecule has 2 aliphatic carbocycles. The molecule has 6 heteroatoms. The molecule has 29 heavy (non-hydrogen) atoms. The van der Waals surface area contributed by atoms with E-state index in [1.54, 1.807) is 24.3 Å². The number of benzene rings is 1. The lowest BCUT2D eigenvalue weighted by Gasteiger charge is -2.20. The fraction of sp³-hybridized carbons (Fsp3) is 0.478. The van der Waals surface area contributed by atoms with Gasteiger partial charge in [0.25, 0.3) is 5.91 Å². The number of furan rings is 1. The molecule has 1 aromatic carbocycles. The highest BCUT2D eigenvalue weighted by molar-refractivity contribution is 5.97. The van der Waals surface area contributed by atoms with E-state index in [0.717, 1.165) is 30.3 Å². The Hall–Kier alpha value is -2.60. The molecule has 4 rings (SSSR count). The minimum absolute atomic E-state index is 0.0763. The summed E-state index contributed by atoms with van der Waals surface area (Å²) in [6, 6.07) is 11.6. The Bertz CT molecular complexity index is 887. The second-order valence-corrected chi connectivity index (χ2v) is 8.25. The monoisotopic (exact) mass is 395 g/mol. The Balaban J connectivity index is 1.35. The number of nitrogens with one attached hydrogen (secondary N) is 2. The molecule has 2 atom stereocenters. The lowest BCUT2D eigenvalue weighted by Crippen LogP contribution is -2.34. The zero-order chi connectivity index (χ0) is 20.4. The summed E-state index contributed by atoms with van der Waals surface area (Å²) in [6.45, 7) is 5.65. The second kappa shape index (κ2) is 8.41. The maximum atomic E-state index is 12.6. The predicted octanol–water partition coefficient (Wildman–Crippen LogP) is 3.76. The van der Waals surface area contributed by atoms with Crippen molar-refractivity contribution in [2.75, 3.05) is 18.4 Å². The van der Waals surface area contributed by atoms with Crippen LogP contribution in [0.25, 0.3) is 0 Å². The van der Waals surface area contributed by atoms with E-state index >= 15 is 0 Å². The highest BCUT2D eigenvalue weighted by Crippen LogP contribution is 2.47. The molecule has 2 fully saturated rings. The third-order valence-electron chi connectivity index (χ3n) is 5.67. The summed E-state index contributed by atoms with van der Waals surface area (Å²) in [5.74, 6) is 3.08. The van der Waals surface area contributed by atoms with Crippen molar-refractivity contribution in [2.45, 2.75) is 51.6 Å². The summed E-state index contributed by atoms with van der Waals surface area (Å²) >= 11 is 0. The van der Waals surface area contributed by atoms with Crippen LogP contribution < -0.4 is 10.6 Å². The first-order chi connectivity index (χ1) is 14.0. The molecule has 0 bridgehead atoms. The molecule has 0 spiro atoms. The molecule has 2 unspecified atom stereocenters. The lowest BCUT2D eigenvalue weighted by molar-refractivity contribution is -0.117. The summed E-state index contributed by atoms with van der Waals surface area (Å²) in [4.78, 5) is 26.8. The number of anilines is 1. The van der Waals surface area contributed by atoms with Crippen molar-refractivity contribution in [2.24, 2.45) is 5.92 Å². The fourth-order valence-electron chi connectivity index (χ4n) is 3.74. The van der Waals surface area contributed by atoms with Gasteiger partial charge >= 0.3 is 0 Å². The van der Waals surface area contributed by atoms with Crippen LogP contribution in [0.3, 0.4) is 0 Å². The Morgan fingerprint density at radius 3 is 2.69 bits per heavy atom. The van der Waals surface area contributed by atoms with Crippen molar-refractivity contribution >= 4 is 17.5 Å². The van der Waals surface area contributed by atoms with Crippen LogP contribution in [0.15, 0.2) is 40.8 Å². The van der Waals surface area contributed by atoms with E-state index in [9.17, 15) is 9.59 Å². The van der Waals surface area contributed by atoms with Gasteiger partial charge in [0.15, 0.2) is 0 Å². The number of rotatable bonds is 9. The highest BCUT2D eigenvalue weighted by Gasteiger charge is 2.37. The molecule has 6 nitrogen and oxygen atoms in total. The van der Waals surface area contributed by atoms with E-state index in [2.05, 4.69) is 28.5 Å². The number of amides is 2. The normalized spacial score (nSPS) is 20.5. The average molecular weight is 396 g/mol. The van der Waals surface area contributed by atoms with E-state index < -0.39 is 0 Å². The van der Waals surface area contributed by atoms with Crippen LogP contribution >= 0.6 is 0 Å². The van der Waals surface area contributed by atoms with Gasteiger partial charge in [-0.25, -0.2) is 0 Å². The van der Waals surface area contributed by atoms with Crippen LogP contribution in [0.5, 0.6) is 0 Å². The maximum Gasteiger partial charge on any atom is 0.251 e. The molecule has 0 radical (unpaired) electrons. The van der Waals surface area contributed by atoms with Crippen molar-refractivity contribution in [1.29, 1.82) is 0 Å². The summed E-state index contributed by atoms with van der Waals surface area (Å²) in [5.41, 5.74) is 1.18. The average Bonchev–Trinajstić information content (AvgIpc) is 3.62. The molecule has 1 heterocycles. The maximum absolute atomic E-state index is 12.6. The Morgan fingerprint density at radius 2 is 2.00 bits per heavy atom. The molecule has 0 saturated heterocycles. The molecular weight excluding hydrogens is 366 g/mol. The quantitative estimate of drug-likeness (QED) is 0.678. The van der Waals surface area contributed by atoms with Crippen molar-refractivity contribution in [3.63, 3.8) is 0 Å². The van der Waals surface area contributed by atoms with Crippen molar-refractivity contribution in [3.05, 3.63) is 53.5 Å². The van der Waals surface area contributed by atoms with Crippen LogP contribution in [0, 0.1) is 5.92 Å². The van der Waals surface area contributed by atoms with Gasteiger partial charge in [0, 0.05) is 29.8 Å². The predicted molar refractivity (Wildman–Crippen MR) is 112 cm³/mol. The minimum atomic E-state index is -0.137. The first-order valence-electron chi connectivity index (χ1n) is 10.5. The Kier molecular flexibility index (Phi) is 5.72. The van der Waals surface area contributed by atoms with E-state index in [1.807, 2.05) is 13.0 Å². The third kappa shape index (κ3) is 5.07. The zero-order valence-corrected chi connectivity index (χ0v) is 17.1. The first-order valence-corrected chi connectivity index (χ1v) is 10.5. The number of carbonyl (C=O) groups excluding carboxylic acids is 2. The van der Waals surface area contributed by atoms with Gasteiger partial charge < -0.3 is 15.1 Å². The molecule has 154 valence electrons. The summed E-state index contributed by atoms with van der Waals surface area (Å²) in [7, 11) is 0. The van der Waals surface area contributed by atoms with E-state index in [1.165, 1.54) is 6.42 Å². The Morgan fingerprint density at radius 1 is 1.21 bits per heavy atom. The van der Waals surface area contributed by atoms with Gasteiger partial charge in [-0.15, -0.1) is 0 Å². The molecule has 2 amide bonds. The largest absolute Gasteiger partial charge is 0.464 e. The van der Waals surface area contributed by atoms with Gasteiger partial charge in [-0.2, -0.15) is 0 Å². The molecule has 2 aliphatic rings. The van der Waals surface area contributed by atoms with Crippen molar-refractivity contribution in [1.82, 2.24) is 10.2 Å². The van der Waals surface area contributed by atoms with Crippen LogP contribution in [0.2, 0.25) is 0 Å². The molecule has 2 N–H and O–H groups in total. The van der Waals surface area contributed by atoms with Crippen LogP contribution in [-0.4, -0.2) is 35.8 Å². The van der Waals surface area contributed by atoms with E-state index in [0.29, 0.717) is 42.8 Å². The molecule has 0 aliphatic heterocycles. The van der Waals surface area contributed by atoms with Crippen LogP contribution in [0.1, 0.15) is 60.9 Å². The summed E-state index contributed by atoms with van der Waals surface area (Å²) < 4.78 is 6.03. The fourth-order valence-corrected chi connectivity index (χ4v) is 3.74. The van der Waals surface area contributed by atoms with E-state index in [4.69, 9.17) is 4.42 Å². The van der Waals surface area contributed by atoms with Gasteiger partial charge in [-0.1, -0.05) is 13.0 Å². The number of hydrogen-bond acceptors (Lipinski definition) is 4. The number of hydrogen-bond donors (Lipinski definition) is 2. The third-order valence-corrected chi connectivity index (χ3v) is 5.67. The molecule has 2 saturated carbocycles. The highest BCUT2D eigenvalue weighted by atomic mass is 16.3. The topological polar surface area (TPSA) is 74.6 Å². The summed E-state index contributed by atoms with van der Waals surface area (Å²) in [5, 5.41) is 5.70. The smallest absolute Gasteiger partial charge is 0.251 e. The van der Waals surface area contributed by atoms with Crippen molar-refractivity contribution in [3.8, 4) is 0 Å². The standard InChI is InChI=1S/C23H29N3O3/c1-3-24-23(28)16-5-4-6-17(12-16)25-22(27)14-26(18-7-8-18)13-19-9-10-21(29-19)20-11-15(20)2/h4-6,9-10,12,15,18,20H,3,7-8,11,13-14H2,1-2H3,(H,24,28)(H,25,27). The lowest BCUT2D eigenvalue weighted by atomic mass is 10.2.